The van der Waals surface area contributed by atoms with E-state index in [0.29, 0.717) is 5.69 Å². The number of anilines is 1. The van der Waals surface area contributed by atoms with Gasteiger partial charge in [-0.2, -0.15) is 0 Å². The first-order valence-corrected chi connectivity index (χ1v) is 10.2. The van der Waals surface area contributed by atoms with Crippen LogP contribution in [-0.4, -0.2) is 23.1 Å². The molecule has 1 heterocycles. The lowest BCUT2D eigenvalue weighted by atomic mass is 9.85. The Balaban J connectivity index is 1.76. The Hall–Kier alpha value is -2.87. The largest absolute Gasteiger partial charge is 0.478 e. The van der Waals surface area contributed by atoms with E-state index in [1.54, 1.807) is 12.1 Å². The molecule has 0 spiro atoms. The van der Waals surface area contributed by atoms with Gasteiger partial charge in [-0.1, -0.05) is 60.7 Å². The van der Waals surface area contributed by atoms with Crippen LogP contribution in [0.25, 0.3) is 0 Å². The number of halogens is 1. The number of aromatic carboxylic acids is 1. The SMILES string of the molecule is O=C(O)c1cc(I)ccc1N[C@@H]1C(=O)O[C@H](c2ccccc2)[C@@H]1c1ccccc1. The molecule has 0 aliphatic carbocycles. The zero-order chi connectivity index (χ0) is 20.4. The molecule has 0 bridgehead atoms. The number of hydrogen-bond acceptors (Lipinski definition) is 4. The Labute approximate surface area is 181 Å². The second-order valence-corrected chi connectivity index (χ2v) is 8.07. The van der Waals surface area contributed by atoms with E-state index in [-0.39, 0.29) is 11.5 Å². The predicted molar refractivity (Wildman–Crippen MR) is 118 cm³/mol. The second kappa shape index (κ2) is 8.24. The Morgan fingerprint density at radius 2 is 1.55 bits per heavy atom. The molecule has 5 nitrogen and oxygen atoms in total. The number of nitrogens with one attached hydrogen (secondary N) is 1. The normalized spacial score (nSPS) is 20.9. The Kier molecular flexibility index (Phi) is 5.53. The number of cyclic esters (lactones) is 1. The summed E-state index contributed by atoms with van der Waals surface area (Å²) in [6.07, 6.45) is -0.458. The van der Waals surface area contributed by atoms with Crippen molar-refractivity contribution >= 4 is 40.2 Å². The summed E-state index contributed by atoms with van der Waals surface area (Å²) in [7, 11) is 0. The number of carboxylic acids is 1. The zero-order valence-electron chi connectivity index (χ0n) is 15.3. The van der Waals surface area contributed by atoms with Crippen LogP contribution in [0.3, 0.4) is 0 Å². The van der Waals surface area contributed by atoms with Crippen molar-refractivity contribution in [2.45, 2.75) is 18.1 Å². The molecule has 3 aromatic rings. The molecule has 3 aromatic carbocycles. The van der Waals surface area contributed by atoms with Crippen LogP contribution in [-0.2, 0) is 9.53 Å². The first-order chi connectivity index (χ1) is 14.0. The van der Waals surface area contributed by atoms with Crippen LogP contribution in [0.4, 0.5) is 5.69 Å². The van der Waals surface area contributed by atoms with Crippen molar-refractivity contribution in [1.82, 2.24) is 0 Å². The van der Waals surface area contributed by atoms with Crippen LogP contribution in [0.15, 0.2) is 78.9 Å². The van der Waals surface area contributed by atoms with Crippen molar-refractivity contribution < 1.29 is 19.4 Å². The van der Waals surface area contributed by atoms with E-state index in [1.165, 1.54) is 0 Å². The molecule has 1 saturated heterocycles. The third-order valence-corrected chi connectivity index (χ3v) is 5.69. The molecule has 0 amide bonds. The highest BCUT2D eigenvalue weighted by atomic mass is 127. The third-order valence-electron chi connectivity index (χ3n) is 5.02. The molecule has 1 aliphatic rings. The molecule has 0 unspecified atom stereocenters. The summed E-state index contributed by atoms with van der Waals surface area (Å²) in [6, 6.07) is 23.7. The smallest absolute Gasteiger partial charge is 0.337 e. The zero-order valence-corrected chi connectivity index (χ0v) is 17.4. The summed E-state index contributed by atoms with van der Waals surface area (Å²) in [5, 5.41) is 12.7. The van der Waals surface area contributed by atoms with Gasteiger partial charge in [-0.25, -0.2) is 9.59 Å². The van der Waals surface area contributed by atoms with Gasteiger partial charge in [0.2, 0.25) is 0 Å². The maximum atomic E-state index is 12.9. The van der Waals surface area contributed by atoms with Crippen LogP contribution in [0, 0.1) is 3.57 Å². The van der Waals surface area contributed by atoms with Crippen LogP contribution < -0.4 is 5.32 Å². The lowest BCUT2D eigenvalue weighted by molar-refractivity contribution is -0.142. The predicted octanol–water partition coefficient (Wildman–Crippen LogP) is 4.85. The van der Waals surface area contributed by atoms with Gasteiger partial charge in [0.05, 0.1) is 11.5 Å². The Morgan fingerprint density at radius 3 is 2.17 bits per heavy atom. The average Bonchev–Trinajstić information content (AvgIpc) is 3.06. The number of rotatable bonds is 5. The minimum absolute atomic E-state index is 0.125. The number of esters is 1. The molecule has 0 saturated carbocycles. The van der Waals surface area contributed by atoms with E-state index >= 15 is 0 Å². The van der Waals surface area contributed by atoms with E-state index in [4.69, 9.17) is 4.74 Å². The summed E-state index contributed by atoms with van der Waals surface area (Å²) in [4.78, 5) is 24.6. The molecule has 1 aliphatic heterocycles. The molecule has 0 radical (unpaired) electrons. The summed E-state index contributed by atoms with van der Waals surface area (Å²) >= 11 is 2.07. The quantitative estimate of drug-likeness (QED) is 0.388. The van der Waals surface area contributed by atoms with E-state index in [2.05, 4.69) is 27.9 Å². The van der Waals surface area contributed by atoms with Gasteiger partial charge < -0.3 is 15.2 Å². The van der Waals surface area contributed by atoms with E-state index < -0.39 is 24.1 Å². The number of carbonyl (C=O) groups is 2. The standard InChI is InChI=1S/C23H18INO4/c24-16-11-12-18(17(13-16)22(26)27)25-20-19(14-7-3-1-4-8-14)21(29-23(20)28)15-9-5-2-6-10-15/h1-13,19-21,25H,(H,26,27)/t19-,20+,21-/m1/s1. The first-order valence-electron chi connectivity index (χ1n) is 9.14. The van der Waals surface area contributed by atoms with Crippen LogP contribution in [0.5, 0.6) is 0 Å². The molecule has 1 fully saturated rings. The number of benzene rings is 3. The summed E-state index contributed by atoms with van der Waals surface area (Å²) in [5.41, 5.74) is 2.38. The first kappa shape index (κ1) is 19.4. The van der Waals surface area contributed by atoms with Crippen molar-refractivity contribution in [3.8, 4) is 0 Å². The minimum Gasteiger partial charge on any atom is -0.478 e. The van der Waals surface area contributed by atoms with Gasteiger partial charge in [-0.15, -0.1) is 0 Å². The van der Waals surface area contributed by atoms with Gasteiger partial charge in [0.15, 0.2) is 0 Å². The maximum absolute atomic E-state index is 12.9. The van der Waals surface area contributed by atoms with E-state index in [1.807, 2.05) is 66.7 Å². The highest BCUT2D eigenvalue weighted by molar-refractivity contribution is 14.1. The fourth-order valence-corrected chi connectivity index (χ4v) is 4.18. The van der Waals surface area contributed by atoms with Crippen molar-refractivity contribution in [2.75, 3.05) is 5.32 Å². The van der Waals surface area contributed by atoms with Crippen molar-refractivity contribution in [3.63, 3.8) is 0 Å². The summed E-state index contributed by atoms with van der Waals surface area (Å²) in [5.74, 6) is -1.75. The molecule has 29 heavy (non-hydrogen) atoms. The molecule has 2 N–H and O–H groups in total. The lowest BCUT2D eigenvalue weighted by Gasteiger charge is -2.23. The fraction of sp³-hybridized carbons (Fsp3) is 0.130. The Morgan fingerprint density at radius 1 is 0.931 bits per heavy atom. The molecule has 6 heteroatoms. The van der Waals surface area contributed by atoms with Crippen molar-refractivity contribution in [3.05, 3.63) is 99.1 Å². The summed E-state index contributed by atoms with van der Waals surface area (Å²) < 4.78 is 6.58. The van der Waals surface area contributed by atoms with Gasteiger partial charge in [0, 0.05) is 9.26 Å². The topological polar surface area (TPSA) is 75.6 Å². The summed E-state index contributed by atoms with van der Waals surface area (Å²) in [6.45, 7) is 0. The van der Waals surface area contributed by atoms with E-state index in [9.17, 15) is 14.7 Å². The van der Waals surface area contributed by atoms with Gasteiger partial charge in [-0.05, 0) is 51.9 Å². The Bertz CT molecular complexity index is 1040. The molecular formula is C23H18INO4. The molecular weight excluding hydrogens is 481 g/mol. The number of ether oxygens (including phenoxy) is 1. The van der Waals surface area contributed by atoms with Crippen LogP contribution >= 0.6 is 22.6 Å². The molecule has 0 aromatic heterocycles. The third kappa shape index (κ3) is 3.98. The fourth-order valence-electron chi connectivity index (χ4n) is 3.69. The minimum atomic E-state index is -1.05. The van der Waals surface area contributed by atoms with E-state index in [0.717, 1.165) is 14.7 Å². The second-order valence-electron chi connectivity index (χ2n) is 6.82. The number of carboxylic acid groups (broad SMARTS) is 1. The highest BCUT2D eigenvalue weighted by Crippen LogP contribution is 2.43. The van der Waals surface area contributed by atoms with Gasteiger partial charge in [-0.3, -0.25) is 0 Å². The monoisotopic (exact) mass is 499 g/mol. The molecule has 4 rings (SSSR count). The lowest BCUT2D eigenvalue weighted by Crippen LogP contribution is -2.31. The van der Waals surface area contributed by atoms with Gasteiger partial charge in [0.25, 0.3) is 0 Å². The maximum Gasteiger partial charge on any atom is 0.337 e. The number of hydrogen-bond donors (Lipinski definition) is 2. The number of carbonyl (C=O) groups excluding carboxylic acids is 1. The van der Waals surface area contributed by atoms with Crippen molar-refractivity contribution in [1.29, 1.82) is 0 Å². The van der Waals surface area contributed by atoms with Crippen molar-refractivity contribution in [2.24, 2.45) is 0 Å². The van der Waals surface area contributed by atoms with Crippen LogP contribution in [0.1, 0.15) is 33.5 Å². The van der Waals surface area contributed by atoms with Gasteiger partial charge in [0.1, 0.15) is 12.1 Å². The van der Waals surface area contributed by atoms with Crippen LogP contribution in [0.2, 0.25) is 0 Å². The average molecular weight is 499 g/mol. The van der Waals surface area contributed by atoms with Gasteiger partial charge >= 0.3 is 11.9 Å². The molecule has 146 valence electrons. The molecule has 3 atom stereocenters. The highest BCUT2D eigenvalue weighted by Gasteiger charge is 2.46.